The molecule has 2 heterocycles. The molecule has 0 spiro atoms. The van der Waals surface area contributed by atoms with E-state index in [-0.39, 0.29) is 43.1 Å². The number of piperazine rings is 1. The van der Waals surface area contributed by atoms with Crippen molar-refractivity contribution in [2.24, 2.45) is 5.41 Å². The van der Waals surface area contributed by atoms with E-state index in [0.29, 0.717) is 29.1 Å². The van der Waals surface area contributed by atoms with Gasteiger partial charge in [0.2, 0.25) is 21.7 Å². The monoisotopic (exact) mass is 695 g/mol. The van der Waals surface area contributed by atoms with Crippen molar-refractivity contribution >= 4 is 56.2 Å². The van der Waals surface area contributed by atoms with Gasteiger partial charge in [0.25, 0.3) is 5.91 Å². The van der Waals surface area contributed by atoms with E-state index in [1.165, 1.54) is 11.2 Å². The molecule has 1 aliphatic heterocycles. The standard InChI is InChI=1S/C30H45N7O8S2/c1-19(38)31-25-32-22(23(46-25)24(39)35-15-17-36(18-16-35)47(8,44)45)14-11-20-9-12-21(13-10-20)33-30(28(2,3)4,34-26(40)41)37(27(42)43)29(5,6)7/h9-10,12-13,33-34H,11,14-18H2,1-8H3,(H,40,41)(H,42,43)(H,31,32,38). The van der Waals surface area contributed by atoms with Crippen LogP contribution in [0.15, 0.2) is 24.3 Å². The number of nitrogens with one attached hydrogen (secondary N) is 3. The highest BCUT2D eigenvalue weighted by atomic mass is 32.2. The van der Waals surface area contributed by atoms with E-state index in [1.807, 2.05) is 12.1 Å². The zero-order valence-corrected chi connectivity index (χ0v) is 29.6. The van der Waals surface area contributed by atoms with Gasteiger partial charge in [0.15, 0.2) is 5.13 Å². The number of benzene rings is 1. The number of aromatic nitrogens is 1. The van der Waals surface area contributed by atoms with E-state index in [0.717, 1.165) is 28.1 Å². The molecule has 1 unspecified atom stereocenters. The van der Waals surface area contributed by atoms with Crippen LogP contribution >= 0.6 is 11.3 Å². The third-order valence-corrected chi connectivity index (χ3v) is 9.97. The summed E-state index contributed by atoms with van der Waals surface area (Å²) in [7, 11) is -3.36. The van der Waals surface area contributed by atoms with Crippen molar-refractivity contribution in [2.75, 3.05) is 43.1 Å². The molecular formula is C30H45N7O8S2. The number of anilines is 2. The number of aryl methyl sites for hydroxylation is 2. The van der Waals surface area contributed by atoms with Gasteiger partial charge in [-0.2, -0.15) is 4.31 Å². The van der Waals surface area contributed by atoms with Crippen LogP contribution in [-0.4, -0.2) is 105 Å². The minimum absolute atomic E-state index is 0.191. The number of hydrogen-bond acceptors (Lipinski definition) is 9. The SMILES string of the molecule is CC(=O)Nc1nc(CCc2ccc(NC(NC(=O)O)(N(C(=O)O)C(C)(C)C)C(C)(C)C)cc2)c(C(=O)N2CCN(S(C)(=O)=O)CC2)s1. The minimum Gasteiger partial charge on any atom is -0.465 e. The first-order chi connectivity index (χ1) is 21.5. The van der Waals surface area contributed by atoms with Gasteiger partial charge in [-0.25, -0.2) is 23.0 Å². The van der Waals surface area contributed by atoms with Crippen molar-refractivity contribution in [2.45, 2.75) is 72.6 Å². The summed E-state index contributed by atoms with van der Waals surface area (Å²) in [5, 5.41) is 28.6. The second-order valence-corrected chi connectivity index (χ2v) is 16.4. The lowest BCUT2D eigenvalue weighted by Crippen LogP contribution is -2.76. The fraction of sp³-hybridized carbons (Fsp3) is 0.567. The van der Waals surface area contributed by atoms with Crippen molar-refractivity contribution in [1.29, 1.82) is 0 Å². The predicted molar refractivity (Wildman–Crippen MR) is 179 cm³/mol. The topological polar surface area (TPSA) is 202 Å². The van der Waals surface area contributed by atoms with Crippen LogP contribution in [0.1, 0.15) is 69.4 Å². The van der Waals surface area contributed by atoms with Gasteiger partial charge in [-0.1, -0.05) is 44.2 Å². The molecule has 1 aromatic heterocycles. The Bertz CT molecular complexity index is 1590. The number of carboxylic acid groups (broad SMARTS) is 2. The van der Waals surface area contributed by atoms with Crippen molar-refractivity contribution < 1.29 is 37.8 Å². The molecule has 1 fully saturated rings. The number of sulfonamides is 1. The molecular weight excluding hydrogens is 651 g/mol. The van der Waals surface area contributed by atoms with Crippen molar-refractivity contribution in [3.05, 3.63) is 40.4 Å². The summed E-state index contributed by atoms with van der Waals surface area (Å²) in [4.78, 5) is 57.3. The summed E-state index contributed by atoms with van der Waals surface area (Å²) in [6.45, 7) is 12.4. The predicted octanol–water partition coefficient (Wildman–Crippen LogP) is 3.76. The van der Waals surface area contributed by atoms with E-state index in [4.69, 9.17) is 0 Å². The zero-order valence-electron chi connectivity index (χ0n) is 28.0. The van der Waals surface area contributed by atoms with Crippen molar-refractivity contribution in [3.63, 3.8) is 0 Å². The number of rotatable bonds is 10. The smallest absolute Gasteiger partial charge is 0.411 e. The minimum atomic E-state index is -3.36. The Kier molecular flexibility index (Phi) is 11.2. The van der Waals surface area contributed by atoms with Crippen LogP contribution < -0.4 is 16.0 Å². The van der Waals surface area contributed by atoms with E-state index in [1.54, 1.807) is 58.6 Å². The first-order valence-corrected chi connectivity index (χ1v) is 17.6. The van der Waals surface area contributed by atoms with Crippen LogP contribution in [0, 0.1) is 5.41 Å². The van der Waals surface area contributed by atoms with Gasteiger partial charge in [0.05, 0.1) is 11.9 Å². The molecule has 15 nitrogen and oxygen atoms in total. The molecule has 260 valence electrons. The lowest BCUT2D eigenvalue weighted by molar-refractivity contribution is -0.114. The lowest BCUT2D eigenvalue weighted by atomic mass is 9.82. The Morgan fingerprint density at radius 3 is 1.98 bits per heavy atom. The van der Waals surface area contributed by atoms with Crippen LogP contribution in [0.2, 0.25) is 0 Å². The summed E-state index contributed by atoms with van der Waals surface area (Å²) in [6, 6.07) is 7.07. The number of amides is 4. The van der Waals surface area contributed by atoms with Gasteiger partial charge in [0.1, 0.15) is 4.88 Å². The first-order valence-electron chi connectivity index (χ1n) is 15.0. The molecule has 1 atom stereocenters. The number of nitrogens with zero attached hydrogens (tertiary/aromatic N) is 4. The molecule has 2 aromatic rings. The molecule has 1 aromatic carbocycles. The van der Waals surface area contributed by atoms with Crippen LogP contribution in [-0.2, 0) is 27.7 Å². The van der Waals surface area contributed by atoms with Crippen molar-refractivity contribution in [1.82, 2.24) is 24.4 Å². The second-order valence-electron chi connectivity index (χ2n) is 13.4. The van der Waals surface area contributed by atoms with Gasteiger partial charge in [0, 0.05) is 49.7 Å². The highest BCUT2D eigenvalue weighted by molar-refractivity contribution is 7.88. The normalized spacial score (nSPS) is 15.8. The van der Waals surface area contributed by atoms with E-state index >= 15 is 0 Å². The summed E-state index contributed by atoms with van der Waals surface area (Å²) < 4.78 is 25.1. The second kappa shape index (κ2) is 14.0. The maximum Gasteiger partial charge on any atom is 0.411 e. The third-order valence-electron chi connectivity index (χ3n) is 7.67. The molecule has 1 saturated heterocycles. The van der Waals surface area contributed by atoms with Gasteiger partial charge >= 0.3 is 12.2 Å². The van der Waals surface area contributed by atoms with Gasteiger partial charge in [-0.15, -0.1) is 0 Å². The molecule has 47 heavy (non-hydrogen) atoms. The Balaban J connectivity index is 1.86. The first kappa shape index (κ1) is 37.5. The van der Waals surface area contributed by atoms with Crippen LogP contribution in [0.4, 0.5) is 20.4 Å². The Morgan fingerprint density at radius 1 is 0.957 bits per heavy atom. The molecule has 1 aliphatic rings. The average Bonchev–Trinajstić information content (AvgIpc) is 3.31. The molecule has 0 bridgehead atoms. The lowest BCUT2D eigenvalue weighted by Gasteiger charge is -2.55. The summed E-state index contributed by atoms with van der Waals surface area (Å²) >= 11 is 1.07. The Labute approximate surface area is 279 Å². The quantitative estimate of drug-likeness (QED) is 0.228. The molecule has 0 aliphatic carbocycles. The maximum atomic E-state index is 13.5. The number of carbonyl (C=O) groups is 4. The Morgan fingerprint density at radius 2 is 1.53 bits per heavy atom. The number of carbonyl (C=O) groups excluding carboxylic acids is 2. The van der Waals surface area contributed by atoms with E-state index in [9.17, 15) is 37.8 Å². The fourth-order valence-corrected chi connectivity index (χ4v) is 7.28. The largest absolute Gasteiger partial charge is 0.465 e. The summed E-state index contributed by atoms with van der Waals surface area (Å²) in [6.07, 6.45) is -0.749. The van der Waals surface area contributed by atoms with Crippen LogP contribution in [0.3, 0.4) is 0 Å². The van der Waals surface area contributed by atoms with Crippen molar-refractivity contribution in [3.8, 4) is 0 Å². The van der Waals surface area contributed by atoms with Gasteiger partial charge in [-0.3, -0.25) is 19.8 Å². The summed E-state index contributed by atoms with van der Waals surface area (Å²) in [5.74, 6) is -2.37. The number of thiazole rings is 1. The molecule has 0 saturated carbocycles. The van der Waals surface area contributed by atoms with Crippen LogP contribution in [0.5, 0.6) is 0 Å². The molecule has 4 amide bonds. The fourth-order valence-electron chi connectivity index (χ4n) is 5.43. The molecule has 3 rings (SSSR count). The zero-order chi connectivity index (χ0) is 35.5. The Hall–Kier alpha value is -3.96. The average molecular weight is 696 g/mol. The van der Waals surface area contributed by atoms with Gasteiger partial charge in [-0.05, 0) is 51.3 Å². The van der Waals surface area contributed by atoms with Crippen LogP contribution in [0.25, 0.3) is 0 Å². The van der Waals surface area contributed by atoms with E-state index < -0.39 is 39.0 Å². The highest BCUT2D eigenvalue weighted by Crippen LogP contribution is 2.39. The molecule has 5 N–H and O–H groups in total. The third kappa shape index (κ3) is 9.10. The number of hydrogen-bond donors (Lipinski definition) is 5. The maximum absolute atomic E-state index is 13.5. The molecule has 0 radical (unpaired) electrons. The highest BCUT2D eigenvalue weighted by Gasteiger charge is 2.54. The molecule has 17 heteroatoms. The van der Waals surface area contributed by atoms with Gasteiger partial charge < -0.3 is 25.7 Å². The summed E-state index contributed by atoms with van der Waals surface area (Å²) in [5.41, 5.74) is -0.112. The van der Waals surface area contributed by atoms with E-state index in [2.05, 4.69) is 20.9 Å².